The molecule has 0 fully saturated rings. The van der Waals surface area contributed by atoms with Gasteiger partial charge in [0.15, 0.2) is 5.75 Å². The molecule has 0 aliphatic heterocycles. The van der Waals surface area contributed by atoms with Gasteiger partial charge in [0.1, 0.15) is 5.56 Å². The van der Waals surface area contributed by atoms with E-state index in [1.165, 1.54) is 16.7 Å². The summed E-state index contributed by atoms with van der Waals surface area (Å²) in [6.45, 7) is 4.11. The lowest BCUT2D eigenvalue weighted by molar-refractivity contribution is -0.386. The number of phenolic OH excluding ortho intramolecular Hbond substituents is 1. The molecule has 0 atom stereocenters. The first-order valence-electron chi connectivity index (χ1n) is 10.0. The van der Waals surface area contributed by atoms with Crippen molar-refractivity contribution < 1.29 is 19.6 Å². The topological polar surface area (TPSA) is 136 Å². The van der Waals surface area contributed by atoms with E-state index in [1.54, 1.807) is 19.2 Å². The van der Waals surface area contributed by atoms with Gasteiger partial charge in [-0.1, -0.05) is 29.8 Å². The third-order valence-corrected chi connectivity index (χ3v) is 4.65. The summed E-state index contributed by atoms with van der Waals surface area (Å²) < 4.78 is 6.62. The van der Waals surface area contributed by atoms with E-state index in [9.17, 15) is 24.8 Å². The summed E-state index contributed by atoms with van der Waals surface area (Å²) in [6.07, 6.45) is 2.75. The van der Waals surface area contributed by atoms with Crippen LogP contribution in [-0.4, -0.2) is 33.3 Å². The van der Waals surface area contributed by atoms with Gasteiger partial charge in [-0.15, -0.1) is 0 Å². The van der Waals surface area contributed by atoms with Crippen LogP contribution in [0, 0.1) is 17.0 Å². The highest BCUT2D eigenvalue weighted by atomic mass is 16.6. The number of carbonyl (C=O) groups excluding carboxylic acids is 1. The highest BCUT2D eigenvalue weighted by molar-refractivity contribution is 5.94. The number of phenols is 1. The molecular weight excluding hydrogens is 428 g/mol. The number of aromatic hydroxyl groups is 1. The average Bonchev–Trinajstić information content (AvgIpc) is 2.77. The molecule has 0 spiro atoms. The maximum Gasteiger partial charge on any atom is 0.315 e. The Hall–Kier alpha value is -4.47. The van der Waals surface area contributed by atoms with Crippen molar-refractivity contribution in [3.05, 3.63) is 97.4 Å². The van der Waals surface area contributed by atoms with E-state index in [0.29, 0.717) is 6.54 Å². The Bertz CT molecular complexity index is 1280. The number of hydrazone groups is 1. The number of hydrogen-bond donors (Lipinski definition) is 2. The SMILES string of the molecule is CCOc1cc(/C=N\NC(=O)c2cccn(Cc3cccc(C)c3)c2=O)cc([N+](=O)[O-])c1O. The number of nitrogens with one attached hydrogen (secondary N) is 1. The highest BCUT2D eigenvalue weighted by Gasteiger charge is 2.20. The van der Waals surface area contributed by atoms with Gasteiger partial charge < -0.3 is 14.4 Å². The Morgan fingerprint density at radius 2 is 2.06 bits per heavy atom. The van der Waals surface area contributed by atoms with Gasteiger partial charge >= 0.3 is 5.69 Å². The van der Waals surface area contributed by atoms with Crippen LogP contribution < -0.4 is 15.7 Å². The first kappa shape index (κ1) is 23.2. The van der Waals surface area contributed by atoms with E-state index in [0.717, 1.165) is 23.4 Å². The predicted octanol–water partition coefficient (Wildman–Crippen LogP) is 2.98. The molecule has 0 bridgehead atoms. The quantitative estimate of drug-likeness (QED) is 0.308. The number of pyridine rings is 1. The van der Waals surface area contributed by atoms with Crippen LogP contribution in [0.25, 0.3) is 0 Å². The molecule has 3 aromatic rings. The standard InChI is InChI=1S/C23H22N4O6/c1-3-33-20-12-17(11-19(21(20)28)27(31)32)13-24-25-22(29)18-8-5-9-26(23(18)30)14-16-7-4-6-15(2)10-16/h4-13,28H,3,14H2,1-2H3,(H,25,29)/b24-13-. The Morgan fingerprint density at radius 1 is 1.27 bits per heavy atom. The summed E-state index contributed by atoms with van der Waals surface area (Å²) in [5, 5.41) is 24.9. The Balaban J connectivity index is 1.78. The lowest BCUT2D eigenvalue weighted by Gasteiger charge is -2.08. The van der Waals surface area contributed by atoms with Gasteiger partial charge in [0.25, 0.3) is 11.5 Å². The monoisotopic (exact) mass is 450 g/mol. The summed E-state index contributed by atoms with van der Waals surface area (Å²) in [5.74, 6) is -1.41. The predicted molar refractivity (Wildman–Crippen MR) is 122 cm³/mol. The molecular formula is C23H22N4O6. The van der Waals surface area contributed by atoms with Crippen molar-refractivity contribution in [2.75, 3.05) is 6.61 Å². The summed E-state index contributed by atoms with van der Waals surface area (Å²) in [6, 6.07) is 13.1. The van der Waals surface area contributed by atoms with Crippen molar-refractivity contribution in [3.63, 3.8) is 0 Å². The smallest absolute Gasteiger partial charge is 0.315 e. The van der Waals surface area contributed by atoms with Crippen molar-refractivity contribution in [1.82, 2.24) is 9.99 Å². The minimum Gasteiger partial charge on any atom is -0.500 e. The van der Waals surface area contributed by atoms with Crippen molar-refractivity contribution in [3.8, 4) is 11.5 Å². The van der Waals surface area contributed by atoms with Gasteiger partial charge in [-0.2, -0.15) is 5.10 Å². The largest absolute Gasteiger partial charge is 0.500 e. The number of benzene rings is 2. The maximum atomic E-state index is 12.7. The van der Waals surface area contributed by atoms with Crippen LogP contribution in [0.5, 0.6) is 11.5 Å². The van der Waals surface area contributed by atoms with Crippen molar-refractivity contribution in [2.45, 2.75) is 20.4 Å². The second-order valence-corrected chi connectivity index (χ2v) is 7.12. The van der Waals surface area contributed by atoms with Crippen LogP contribution in [0.1, 0.15) is 34.0 Å². The molecule has 0 aliphatic carbocycles. The molecule has 1 heterocycles. The van der Waals surface area contributed by atoms with Gasteiger partial charge in [-0.3, -0.25) is 19.7 Å². The molecule has 170 valence electrons. The summed E-state index contributed by atoms with van der Waals surface area (Å²) >= 11 is 0. The summed E-state index contributed by atoms with van der Waals surface area (Å²) in [5.41, 5.74) is 3.30. The molecule has 0 saturated heterocycles. The number of amides is 1. The number of nitrogens with zero attached hydrogens (tertiary/aromatic N) is 3. The number of nitro groups is 1. The second-order valence-electron chi connectivity index (χ2n) is 7.12. The third kappa shape index (κ3) is 5.62. The Morgan fingerprint density at radius 3 is 2.76 bits per heavy atom. The molecule has 0 saturated carbocycles. The van der Waals surface area contributed by atoms with Gasteiger partial charge in [-0.05, 0) is 37.6 Å². The lowest BCUT2D eigenvalue weighted by atomic mass is 10.1. The maximum absolute atomic E-state index is 12.7. The van der Waals surface area contributed by atoms with Gasteiger partial charge in [-0.25, -0.2) is 5.43 Å². The molecule has 10 heteroatoms. The molecule has 10 nitrogen and oxygen atoms in total. The highest BCUT2D eigenvalue weighted by Crippen LogP contribution is 2.36. The number of aryl methyl sites for hydroxylation is 1. The van der Waals surface area contributed by atoms with Crippen LogP contribution in [0.3, 0.4) is 0 Å². The van der Waals surface area contributed by atoms with E-state index in [2.05, 4.69) is 10.5 Å². The van der Waals surface area contributed by atoms with Gasteiger partial charge in [0, 0.05) is 17.8 Å². The second kappa shape index (κ2) is 10.2. The fraction of sp³-hybridized carbons (Fsp3) is 0.174. The Labute approximate surface area is 188 Å². The average molecular weight is 450 g/mol. The number of hydrogen-bond acceptors (Lipinski definition) is 7. The van der Waals surface area contributed by atoms with E-state index in [-0.39, 0.29) is 23.5 Å². The zero-order valence-corrected chi connectivity index (χ0v) is 18.0. The van der Waals surface area contributed by atoms with Gasteiger partial charge in [0.2, 0.25) is 5.75 Å². The number of nitro benzene ring substituents is 1. The zero-order valence-electron chi connectivity index (χ0n) is 18.0. The molecule has 3 rings (SSSR count). The summed E-state index contributed by atoms with van der Waals surface area (Å²) in [4.78, 5) is 35.6. The zero-order chi connectivity index (χ0) is 24.0. The van der Waals surface area contributed by atoms with E-state index in [1.807, 2.05) is 31.2 Å². The van der Waals surface area contributed by atoms with Crippen molar-refractivity contribution in [1.29, 1.82) is 0 Å². The molecule has 0 unspecified atom stereocenters. The third-order valence-electron chi connectivity index (χ3n) is 4.65. The minimum atomic E-state index is -0.756. The van der Waals surface area contributed by atoms with E-state index in [4.69, 9.17) is 4.74 Å². The molecule has 1 amide bonds. The fourth-order valence-electron chi connectivity index (χ4n) is 3.16. The molecule has 0 radical (unpaired) electrons. The van der Waals surface area contributed by atoms with Crippen molar-refractivity contribution >= 4 is 17.8 Å². The molecule has 0 aliphatic rings. The summed E-state index contributed by atoms with van der Waals surface area (Å²) in [7, 11) is 0. The van der Waals surface area contributed by atoms with Crippen LogP contribution >= 0.6 is 0 Å². The number of carbonyl (C=O) groups is 1. The van der Waals surface area contributed by atoms with E-state index < -0.39 is 27.8 Å². The minimum absolute atomic E-state index is 0.0819. The lowest BCUT2D eigenvalue weighted by Crippen LogP contribution is -2.30. The van der Waals surface area contributed by atoms with E-state index >= 15 is 0 Å². The normalized spacial score (nSPS) is 10.8. The molecule has 2 aromatic carbocycles. The first-order valence-corrected chi connectivity index (χ1v) is 10.0. The fourth-order valence-corrected chi connectivity index (χ4v) is 3.16. The first-order chi connectivity index (χ1) is 15.8. The molecule has 33 heavy (non-hydrogen) atoms. The van der Waals surface area contributed by atoms with Crippen LogP contribution in [0.4, 0.5) is 5.69 Å². The van der Waals surface area contributed by atoms with Crippen molar-refractivity contribution in [2.24, 2.45) is 5.10 Å². The van der Waals surface area contributed by atoms with Crippen LogP contribution in [0.15, 0.2) is 64.6 Å². The number of ether oxygens (including phenoxy) is 1. The van der Waals surface area contributed by atoms with Gasteiger partial charge in [0.05, 0.1) is 24.3 Å². The van der Waals surface area contributed by atoms with Crippen LogP contribution in [-0.2, 0) is 6.54 Å². The number of aromatic nitrogens is 1. The number of rotatable bonds is 8. The molecule has 2 N–H and O–H groups in total. The Kier molecular flexibility index (Phi) is 7.19. The van der Waals surface area contributed by atoms with Crippen LogP contribution in [0.2, 0.25) is 0 Å². The molecule has 1 aromatic heterocycles.